The number of hydrogen-bond acceptors (Lipinski definition) is 6. The van der Waals surface area contributed by atoms with Crippen molar-refractivity contribution in [1.82, 2.24) is 4.98 Å². The van der Waals surface area contributed by atoms with Crippen LogP contribution >= 0.6 is 11.3 Å². The van der Waals surface area contributed by atoms with Crippen molar-refractivity contribution in [2.24, 2.45) is 0 Å². The highest BCUT2D eigenvalue weighted by Gasteiger charge is 2.09. The molecular weight excluding hydrogens is 282 g/mol. The molecule has 5 nitrogen and oxygen atoms in total. The Hall–Kier alpha value is -1.60. The van der Waals surface area contributed by atoms with Gasteiger partial charge < -0.3 is 11.1 Å². The minimum atomic E-state index is -3.22. The maximum atomic E-state index is 11.4. The molecule has 0 saturated carbocycles. The van der Waals surface area contributed by atoms with Gasteiger partial charge >= 0.3 is 0 Å². The van der Waals surface area contributed by atoms with Crippen molar-refractivity contribution in [1.29, 1.82) is 0 Å². The Balaban J connectivity index is 2.14. The van der Waals surface area contributed by atoms with Gasteiger partial charge in [0, 0.05) is 17.3 Å². The van der Waals surface area contributed by atoms with E-state index in [0.717, 1.165) is 16.1 Å². The Morgan fingerprint density at radius 2 is 2.16 bits per heavy atom. The molecule has 0 atom stereocenters. The van der Waals surface area contributed by atoms with Crippen LogP contribution in [-0.2, 0) is 16.4 Å². The van der Waals surface area contributed by atoms with Crippen LogP contribution in [0.1, 0.15) is 9.88 Å². The van der Waals surface area contributed by atoms with Crippen molar-refractivity contribution in [3.63, 3.8) is 0 Å². The van der Waals surface area contributed by atoms with Gasteiger partial charge in [-0.3, -0.25) is 0 Å². The Kier molecular flexibility index (Phi) is 3.77. The predicted molar refractivity (Wildman–Crippen MR) is 78.1 cm³/mol. The van der Waals surface area contributed by atoms with Crippen molar-refractivity contribution < 1.29 is 8.42 Å². The van der Waals surface area contributed by atoms with E-state index < -0.39 is 9.84 Å². The third-order valence-corrected chi connectivity index (χ3v) is 4.57. The lowest BCUT2D eigenvalue weighted by atomic mass is 10.2. The monoisotopic (exact) mass is 297 g/mol. The van der Waals surface area contributed by atoms with Crippen LogP contribution in [0.5, 0.6) is 0 Å². The van der Waals surface area contributed by atoms with Crippen LogP contribution in [0, 0.1) is 6.92 Å². The van der Waals surface area contributed by atoms with Crippen LogP contribution in [-0.4, -0.2) is 19.7 Å². The van der Waals surface area contributed by atoms with Gasteiger partial charge in [0.1, 0.15) is 5.01 Å². The molecule has 102 valence electrons. The van der Waals surface area contributed by atoms with Crippen molar-refractivity contribution in [3.8, 4) is 0 Å². The number of aryl methyl sites for hydroxylation is 1. The largest absolute Gasteiger partial charge is 0.397 e. The van der Waals surface area contributed by atoms with E-state index in [2.05, 4.69) is 10.3 Å². The van der Waals surface area contributed by atoms with Crippen molar-refractivity contribution >= 4 is 32.5 Å². The number of hydrogen-bond donors (Lipinski definition) is 2. The smallest absolute Gasteiger partial charge is 0.175 e. The number of nitrogens with one attached hydrogen (secondary N) is 1. The van der Waals surface area contributed by atoms with Gasteiger partial charge in [0.25, 0.3) is 0 Å². The Morgan fingerprint density at radius 3 is 2.68 bits per heavy atom. The maximum absolute atomic E-state index is 11.4. The van der Waals surface area contributed by atoms with E-state index in [1.165, 1.54) is 6.07 Å². The average molecular weight is 297 g/mol. The molecule has 0 spiro atoms. The topological polar surface area (TPSA) is 85.1 Å². The number of nitrogens with two attached hydrogens (primary N) is 1. The quantitative estimate of drug-likeness (QED) is 0.844. The third-order valence-electron chi connectivity index (χ3n) is 2.55. The fourth-order valence-corrected chi connectivity index (χ4v) is 2.97. The van der Waals surface area contributed by atoms with Crippen LogP contribution < -0.4 is 11.1 Å². The van der Waals surface area contributed by atoms with Gasteiger partial charge in [0.05, 0.1) is 22.8 Å². The second-order valence-electron chi connectivity index (χ2n) is 4.24. The van der Waals surface area contributed by atoms with Crippen LogP contribution in [0.4, 0.5) is 11.4 Å². The molecule has 0 radical (unpaired) electrons. The van der Waals surface area contributed by atoms with Crippen LogP contribution in [0.25, 0.3) is 0 Å². The van der Waals surface area contributed by atoms with Crippen LogP contribution in [0.2, 0.25) is 0 Å². The summed E-state index contributed by atoms with van der Waals surface area (Å²) in [4.78, 5) is 5.61. The molecule has 3 N–H and O–H groups in total. The summed E-state index contributed by atoms with van der Waals surface area (Å²) in [5, 5.41) is 4.11. The fraction of sp³-hybridized carbons (Fsp3) is 0.250. The van der Waals surface area contributed by atoms with Gasteiger partial charge in [-0.15, -0.1) is 11.3 Å². The maximum Gasteiger partial charge on any atom is 0.175 e. The molecule has 0 aliphatic heterocycles. The lowest BCUT2D eigenvalue weighted by Gasteiger charge is -2.09. The molecule has 0 aliphatic rings. The van der Waals surface area contributed by atoms with E-state index in [1.807, 2.05) is 13.1 Å². The van der Waals surface area contributed by atoms with Gasteiger partial charge in [0.15, 0.2) is 9.84 Å². The summed E-state index contributed by atoms with van der Waals surface area (Å²) in [6.07, 6.45) is 2.98. The number of nitrogen functional groups attached to an aromatic ring is 1. The molecule has 2 aromatic rings. The van der Waals surface area contributed by atoms with Crippen molar-refractivity contribution in [3.05, 3.63) is 34.3 Å². The number of benzene rings is 1. The summed E-state index contributed by atoms with van der Waals surface area (Å²) < 4.78 is 22.8. The molecule has 2 rings (SSSR count). The first-order valence-electron chi connectivity index (χ1n) is 5.61. The van der Waals surface area contributed by atoms with Crippen molar-refractivity contribution in [2.75, 3.05) is 17.3 Å². The number of sulfone groups is 1. The zero-order valence-corrected chi connectivity index (χ0v) is 12.3. The molecule has 1 heterocycles. The first kappa shape index (κ1) is 13.8. The Morgan fingerprint density at radius 1 is 1.42 bits per heavy atom. The molecule has 0 amide bonds. The number of thiazole rings is 1. The minimum Gasteiger partial charge on any atom is -0.397 e. The summed E-state index contributed by atoms with van der Waals surface area (Å²) in [7, 11) is -3.22. The first-order chi connectivity index (χ1) is 8.86. The molecule has 0 aliphatic carbocycles. The first-order valence-corrected chi connectivity index (χ1v) is 8.32. The van der Waals surface area contributed by atoms with Gasteiger partial charge in [-0.25, -0.2) is 13.4 Å². The second-order valence-corrected chi connectivity index (χ2v) is 7.57. The van der Waals surface area contributed by atoms with E-state index in [0.29, 0.717) is 17.9 Å². The average Bonchev–Trinajstić information content (AvgIpc) is 2.72. The number of aromatic nitrogens is 1. The highest BCUT2D eigenvalue weighted by Crippen LogP contribution is 2.23. The summed E-state index contributed by atoms with van der Waals surface area (Å²) in [5.74, 6) is 0. The van der Waals surface area contributed by atoms with E-state index in [-0.39, 0.29) is 4.90 Å². The fourth-order valence-electron chi connectivity index (χ4n) is 1.59. The lowest BCUT2D eigenvalue weighted by Crippen LogP contribution is -2.04. The lowest BCUT2D eigenvalue weighted by molar-refractivity contribution is 0.602. The predicted octanol–water partition coefficient (Wildman–Crippen LogP) is 2.05. The SMILES string of the molecule is Cc1cnc(CNc2ccc(S(C)(=O)=O)cc2N)s1. The van der Waals surface area contributed by atoms with E-state index >= 15 is 0 Å². The summed E-state index contributed by atoms with van der Waals surface area (Å²) in [5.41, 5.74) is 6.97. The minimum absolute atomic E-state index is 0.223. The molecular formula is C12H15N3O2S2. The standard InChI is InChI=1S/C12H15N3O2S2/c1-8-6-15-12(18-8)7-14-11-4-3-9(5-10(11)13)19(2,16)17/h3-6,14H,7,13H2,1-2H3. The Bertz CT molecular complexity index is 693. The van der Waals surface area contributed by atoms with Gasteiger partial charge in [-0.1, -0.05) is 0 Å². The normalized spacial score (nSPS) is 11.5. The van der Waals surface area contributed by atoms with Crippen molar-refractivity contribution in [2.45, 2.75) is 18.4 Å². The van der Waals surface area contributed by atoms with Crippen LogP contribution in [0.3, 0.4) is 0 Å². The van der Waals surface area contributed by atoms with E-state index in [4.69, 9.17) is 5.73 Å². The zero-order chi connectivity index (χ0) is 14.0. The van der Waals surface area contributed by atoms with Gasteiger partial charge in [0.2, 0.25) is 0 Å². The molecule has 1 aromatic carbocycles. The zero-order valence-electron chi connectivity index (χ0n) is 10.7. The van der Waals surface area contributed by atoms with Gasteiger partial charge in [-0.05, 0) is 25.1 Å². The molecule has 0 saturated heterocycles. The summed E-state index contributed by atoms with van der Waals surface area (Å²) in [6, 6.07) is 4.68. The van der Waals surface area contributed by atoms with Gasteiger partial charge in [-0.2, -0.15) is 0 Å². The van der Waals surface area contributed by atoms with E-state index in [1.54, 1.807) is 23.5 Å². The highest BCUT2D eigenvalue weighted by atomic mass is 32.2. The van der Waals surface area contributed by atoms with E-state index in [9.17, 15) is 8.42 Å². The van der Waals surface area contributed by atoms with Crippen LogP contribution in [0.15, 0.2) is 29.3 Å². The Labute approximate surface area is 116 Å². The summed E-state index contributed by atoms with van der Waals surface area (Å²) >= 11 is 1.61. The summed E-state index contributed by atoms with van der Waals surface area (Å²) in [6.45, 7) is 2.57. The molecule has 19 heavy (non-hydrogen) atoms. The third kappa shape index (κ3) is 3.45. The number of anilines is 2. The highest BCUT2D eigenvalue weighted by molar-refractivity contribution is 7.90. The number of rotatable bonds is 4. The molecule has 0 fully saturated rings. The number of nitrogens with zero attached hydrogens (tertiary/aromatic N) is 1. The second kappa shape index (κ2) is 5.18. The molecule has 0 bridgehead atoms. The molecule has 7 heteroatoms. The molecule has 0 unspecified atom stereocenters. The molecule has 1 aromatic heterocycles.